The first-order valence-corrected chi connectivity index (χ1v) is 6.21. The highest BCUT2D eigenvalue weighted by molar-refractivity contribution is 5.73. The number of hydrogen-bond acceptors (Lipinski definition) is 6. The van der Waals surface area contributed by atoms with Crippen molar-refractivity contribution in [2.75, 3.05) is 26.3 Å². The Morgan fingerprint density at radius 3 is 2.42 bits per heavy atom. The number of morpholine rings is 1. The summed E-state index contributed by atoms with van der Waals surface area (Å²) in [6.07, 6.45) is 2.16. The standard InChI is InChI=1S/C6H14N2O2.C5H9NO3/c7-4-2-1-3-5(8)6(9)10;7-5(8)4-3-9-2-1-6-4/h5H,1-4,7-8H2,(H,9,10);4,6H,1-3H2,(H,7,8)/t5-;/m0./s1. The van der Waals surface area contributed by atoms with E-state index in [9.17, 15) is 9.59 Å². The predicted molar refractivity (Wildman–Crippen MR) is 68.8 cm³/mol. The van der Waals surface area contributed by atoms with Gasteiger partial charge < -0.3 is 31.7 Å². The van der Waals surface area contributed by atoms with Gasteiger partial charge in [-0.25, -0.2) is 0 Å². The van der Waals surface area contributed by atoms with Crippen molar-refractivity contribution in [2.45, 2.75) is 31.3 Å². The second-order valence-corrected chi connectivity index (χ2v) is 4.15. The first-order chi connectivity index (χ1) is 8.99. The Hall–Kier alpha value is -1.22. The maximum absolute atomic E-state index is 10.2. The fourth-order valence-corrected chi connectivity index (χ4v) is 1.36. The molecule has 1 heterocycles. The Morgan fingerprint density at radius 1 is 1.37 bits per heavy atom. The number of hydrogen-bond donors (Lipinski definition) is 5. The monoisotopic (exact) mass is 277 g/mol. The van der Waals surface area contributed by atoms with Crippen molar-refractivity contribution in [1.29, 1.82) is 0 Å². The Labute approximate surface area is 112 Å². The largest absolute Gasteiger partial charge is 0.480 e. The number of carboxylic acids is 2. The average molecular weight is 277 g/mol. The lowest BCUT2D eigenvalue weighted by Gasteiger charge is -2.19. The van der Waals surface area contributed by atoms with Crippen LogP contribution in [0.2, 0.25) is 0 Å². The van der Waals surface area contributed by atoms with Gasteiger partial charge in [-0.05, 0) is 19.4 Å². The van der Waals surface area contributed by atoms with Crippen LogP contribution in [0.4, 0.5) is 0 Å². The van der Waals surface area contributed by atoms with Crippen LogP contribution < -0.4 is 16.8 Å². The highest BCUT2D eigenvalue weighted by atomic mass is 16.5. The van der Waals surface area contributed by atoms with Crippen LogP contribution in [0.1, 0.15) is 19.3 Å². The Morgan fingerprint density at radius 2 is 2.05 bits per heavy atom. The number of nitrogens with one attached hydrogen (secondary N) is 1. The second kappa shape index (κ2) is 10.7. The summed E-state index contributed by atoms with van der Waals surface area (Å²) in [5.41, 5.74) is 10.4. The van der Waals surface area contributed by atoms with Crippen molar-refractivity contribution in [2.24, 2.45) is 11.5 Å². The van der Waals surface area contributed by atoms with Crippen LogP contribution in [-0.2, 0) is 14.3 Å². The Bertz CT molecular complexity index is 269. The molecule has 0 aromatic rings. The highest BCUT2D eigenvalue weighted by Gasteiger charge is 2.19. The van der Waals surface area contributed by atoms with E-state index in [0.29, 0.717) is 26.1 Å². The summed E-state index contributed by atoms with van der Waals surface area (Å²) in [7, 11) is 0. The fourth-order valence-electron chi connectivity index (χ4n) is 1.36. The molecule has 1 aliphatic rings. The maximum atomic E-state index is 10.2. The van der Waals surface area contributed by atoms with Crippen molar-refractivity contribution in [3.8, 4) is 0 Å². The smallest absolute Gasteiger partial charge is 0.323 e. The first kappa shape index (κ1) is 17.8. The van der Waals surface area contributed by atoms with E-state index in [-0.39, 0.29) is 6.61 Å². The summed E-state index contributed by atoms with van der Waals surface area (Å²) < 4.78 is 4.90. The van der Waals surface area contributed by atoms with Crippen LogP contribution in [0.25, 0.3) is 0 Å². The van der Waals surface area contributed by atoms with Crippen molar-refractivity contribution < 1.29 is 24.5 Å². The zero-order valence-corrected chi connectivity index (χ0v) is 10.9. The lowest BCUT2D eigenvalue weighted by atomic mass is 10.1. The van der Waals surface area contributed by atoms with Gasteiger partial charge in [0.1, 0.15) is 12.1 Å². The summed E-state index contributed by atoms with van der Waals surface area (Å²) in [4.78, 5) is 20.3. The average Bonchev–Trinajstić information content (AvgIpc) is 2.40. The number of aliphatic carboxylic acids is 2. The Kier molecular flexibility index (Phi) is 9.99. The molecule has 112 valence electrons. The third kappa shape index (κ3) is 9.37. The molecule has 1 rings (SSSR count). The van der Waals surface area contributed by atoms with E-state index in [1.807, 2.05) is 0 Å². The van der Waals surface area contributed by atoms with Crippen molar-refractivity contribution in [3.05, 3.63) is 0 Å². The van der Waals surface area contributed by atoms with E-state index >= 15 is 0 Å². The van der Waals surface area contributed by atoms with Gasteiger partial charge in [-0.15, -0.1) is 0 Å². The molecule has 0 aromatic heterocycles. The van der Waals surface area contributed by atoms with Gasteiger partial charge in [0.15, 0.2) is 0 Å². The number of unbranched alkanes of at least 4 members (excludes halogenated alkanes) is 1. The minimum absolute atomic E-state index is 0.287. The molecule has 2 atom stereocenters. The van der Waals surface area contributed by atoms with Crippen LogP contribution in [0, 0.1) is 0 Å². The minimum Gasteiger partial charge on any atom is -0.480 e. The molecule has 0 radical (unpaired) electrons. The van der Waals surface area contributed by atoms with Gasteiger partial charge in [0.2, 0.25) is 0 Å². The number of rotatable bonds is 6. The molecule has 8 heteroatoms. The molecule has 0 saturated carbocycles. The highest BCUT2D eigenvalue weighted by Crippen LogP contribution is 1.97. The molecule has 1 unspecified atom stereocenters. The molecule has 0 aliphatic carbocycles. The molecule has 0 spiro atoms. The summed E-state index contributed by atoms with van der Waals surface area (Å²) in [5, 5.41) is 19.5. The molecule has 7 N–H and O–H groups in total. The van der Waals surface area contributed by atoms with Gasteiger partial charge in [0, 0.05) is 6.54 Å². The van der Waals surface area contributed by atoms with E-state index in [1.165, 1.54) is 0 Å². The van der Waals surface area contributed by atoms with Crippen molar-refractivity contribution >= 4 is 11.9 Å². The molecular weight excluding hydrogens is 254 g/mol. The molecule has 19 heavy (non-hydrogen) atoms. The van der Waals surface area contributed by atoms with E-state index in [0.717, 1.165) is 12.8 Å². The van der Waals surface area contributed by atoms with Gasteiger partial charge in [-0.2, -0.15) is 0 Å². The van der Waals surface area contributed by atoms with Crippen LogP contribution >= 0.6 is 0 Å². The number of nitrogens with two attached hydrogens (primary N) is 2. The van der Waals surface area contributed by atoms with Gasteiger partial charge in [0.25, 0.3) is 0 Å². The van der Waals surface area contributed by atoms with Gasteiger partial charge in [-0.3, -0.25) is 9.59 Å². The van der Waals surface area contributed by atoms with Crippen LogP contribution in [0.15, 0.2) is 0 Å². The van der Waals surface area contributed by atoms with Crippen LogP contribution in [-0.4, -0.2) is 60.5 Å². The molecule has 8 nitrogen and oxygen atoms in total. The SMILES string of the molecule is NCCCC[C@H](N)C(=O)O.O=C(O)C1COCCN1. The van der Waals surface area contributed by atoms with Gasteiger partial charge in [0.05, 0.1) is 13.2 Å². The van der Waals surface area contributed by atoms with Crippen molar-refractivity contribution in [3.63, 3.8) is 0 Å². The maximum Gasteiger partial charge on any atom is 0.323 e. The van der Waals surface area contributed by atoms with Crippen LogP contribution in [0.3, 0.4) is 0 Å². The molecule has 1 saturated heterocycles. The van der Waals surface area contributed by atoms with Crippen LogP contribution in [0.5, 0.6) is 0 Å². The zero-order valence-electron chi connectivity index (χ0n) is 10.9. The fraction of sp³-hybridized carbons (Fsp3) is 0.818. The molecule has 0 bridgehead atoms. The predicted octanol–water partition coefficient (Wildman–Crippen LogP) is -1.41. The molecular formula is C11H23N3O5. The minimum atomic E-state index is -0.933. The Balaban J connectivity index is 0.000000342. The van der Waals surface area contributed by atoms with E-state index < -0.39 is 24.0 Å². The third-order valence-corrected chi connectivity index (χ3v) is 2.51. The van der Waals surface area contributed by atoms with E-state index in [1.54, 1.807) is 0 Å². The lowest BCUT2D eigenvalue weighted by molar-refractivity contribution is -0.142. The molecule has 1 fully saturated rings. The zero-order chi connectivity index (χ0) is 14.7. The summed E-state index contributed by atoms with van der Waals surface area (Å²) in [6, 6.07) is -1.22. The molecule has 0 aromatic carbocycles. The topological polar surface area (TPSA) is 148 Å². The number of carboxylic acid groups (broad SMARTS) is 2. The summed E-state index contributed by atoms with van der Waals surface area (Å²) in [5.74, 6) is -1.77. The van der Waals surface area contributed by atoms with Crippen molar-refractivity contribution in [1.82, 2.24) is 5.32 Å². The normalized spacial score (nSPS) is 20.0. The second-order valence-electron chi connectivity index (χ2n) is 4.15. The van der Waals surface area contributed by atoms with Gasteiger partial charge >= 0.3 is 11.9 Å². The quantitative estimate of drug-likeness (QED) is 0.372. The lowest BCUT2D eigenvalue weighted by Crippen LogP contribution is -2.46. The number of ether oxygens (including phenoxy) is 1. The summed E-state index contributed by atoms with van der Waals surface area (Å²) in [6.45, 7) is 2.14. The number of carbonyl (C=O) groups is 2. The van der Waals surface area contributed by atoms with Gasteiger partial charge in [-0.1, -0.05) is 6.42 Å². The molecule has 0 amide bonds. The first-order valence-electron chi connectivity index (χ1n) is 6.21. The van der Waals surface area contributed by atoms with E-state index in [4.69, 9.17) is 26.4 Å². The summed E-state index contributed by atoms with van der Waals surface area (Å²) >= 11 is 0. The molecule has 1 aliphatic heterocycles. The third-order valence-electron chi connectivity index (χ3n) is 2.51. The van der Waals surface area contributed by atoms with E-state index in [2.05, 4.69) is 5.32 Å².